The van der Waals surface area contributed by atoms with E-state index in [1.165, 1.54) is 0 Å². The van der Waals surface area contributed by atoms with Crippen LogP contribution in [0.2, 0.25) is 0 Å². The summed E-state index contributed by atoms with van der Waals surface area (Å²) in [7, 11) is 0. The van der Waals surface area contributed by atoms with E-state index in [1.807, 2.05) is 48.5 Å². The molecule has 0 radical (unpaired) electrons. The Balaban J connectivity index is 1.68. The molecule has 0 saturated heterocycles. The normalized spacial score (nSPS) is 10.8. The summed E-state index contributed by atoms with van der Waals surface area (Å²) in [5, 5.41) is 0. The molecule has 0 aliphatic carbocycles. The molecular weight excluding hydrogens is 324 g/mol. The first-order valence-electron chi connectivity index (χ1n) is 8.48. The second kappa shape index (κ2) is 7.19. The fourth-order valence-corrected chi connectivity index (χ4v) is 3.09. The third kappa shape index (κ3) is 3.32. The number of carbonyl (C=O) groups excluding carboxylic acids is 1. The lowest BCUT2D eigenvalue weighted by atomic mass is 9.92. The van der Waals surface area contributed by atoms with E-state index in [4.69, 9.17) is 0 Å². The molecule has 2 aromatic heterocycles. The molecule has 128 valence electrons. The molecule has 2 N–H and O–H groups in total. The van der Waals surface area contributed by atoms with Crippen LogP contribution in [0.15, 0.2) is 73.3 Å². The van der Waals surface area contributed by atoms with Crippen molar-refractivity contribution in [1.82, 2.24) is 19.9 Å². The maximum Gasteiger partial charge on any atom is 0.193 e. The maximum absolute atomic E-state index is 13.3. The molecule has 4 aromatic rings. The molecule has 5 nitrogen and oxygen atoms in total. The van der Waals surface area contributed by atoms with Crippen molar-refractivity contribution in [2.75, 3.05) is 0 Å². The second-order valence-electron chi connectivity index (χ2n) is 6.07. The third-order valence-corrected chi connectivity index (χ3v) is 4.35. The third-order valence-electron chi connectivity index (χ3n) is 4.35. The number of imidazole rings is 2. The van der Waals surface area contributed by atoms with Gasteiger partial charge in [0.1, 0.15) is 11.6 Å². The first-order valence-corrected chi connectivity index (χ1v) is 8.48. The molecule has 2 heterocycles. The zero-order valence-electron chi connectivity index (χ0n) is 14.1. The van der Waals surface area contributed by atoms with Crippen molar-refractivity contribution in [1.29, 1.82) is 0 Å². The number of hydrogen-bond donors (Lipinski definition) is 2. The molecule has 0 unspecified atom stereocenters. The number of nitrogens with zero attached hydrogens (tertiary/aromatic N) is 2. The lowest BCUT2D eigenvalue weighted by molar-refractivity contribution is 0.103. The van der Waals surface area contributed by atoms with Gasteiger partial charge in [0.2, 0.25) is 0 Å². The van der Waals surface area contributed by atoms with Gasteiger partial charge < -0.3 is 9.97 Å². The van der Waals surface area contributed by atoms with Crippen LogP contribution < -0.4 is 0 Å². The zero-order chi connectivity index (χ0) is 17.8. The number of nitrogens with one attached hydrogen (secondary N) is 2. The van der Waals surface area contributed by atoms with Gasteiger partial charge in [-0.05, 0) is 11.1 Å². The van der Waals surface area contributed by atoms with Gasteiger partial charge in [0, 0.05) is 48.8 Å². The fourth-order valence-electron chi connectivity index (χ4n) is 3.09. The van der Waals surface area contributed by atoms with Crippen molar-refractivity contribution in [2.24, 2.45) is 0 Å². The molecule has 0 aliphatic heterocycles. The van der Waals surface area contributed by atoms with Gasteiger partial charge in [-0.3, -0.25) is 4.79 Å². The van der Waals surface area contributed by atoms with Gasteiger partial charge in [-0.2, -0.15) is 0 Å². The molecule has 2 aromatic carbocycles. The smallest absolute Gasteiger partial charge is 0.193 e. The summed E-state index contributed by atoms with van der Waals surface area (Å²) in [6.07, 6.45) is 8.21. The molecule has 0 aliphatic rings. The number of aromatic nitrogens is 4. The SMILES string of the molecule is O=C(c1ccccc1Cc1ncc[nH]1)c1ccccc1Cc1ncc[nH]1. The molecule has 5 heteroatoms. The van der Waals surface area contributed by atoms with Crippen LogP contribution in [0.3, 0.4) is 0 Å². The van der Waals surface area contributed by atoms with Crippen LogP contribution in [0.5, 0.6) is 0 Å². The van der Waals surface area contributed by atoms with Gasteiger partial charge in [-0.25, -0.2) is 9.97 Å². The summed E-state index contributed by atoms with van der Waals surface area (Å²) in [5.74, 6) is 1.71. The van der Waals surface area contributed by atoms with Crippen molar-refractivity contribution in [3.8, 4) is 0 Å². The average molecular weight is 342 g/mol. The van der Waals surface area contributed by atoms with E-state index in [2.05, 4.69) is 19.9 Å². The maximum atomic E-state index is 13.3. The van der Waals surface area contributed by atoms with Gasteiger partial charge in [0.25, 0.3) is 0 Å². The summed E-state index contributed by atoms with van der Waals surface area (Å²) in [4.78, 5) is 28.0. The number of H-pyrrole nitrogens is 2. The average Bonchev–Trinajstić information content (AvgIpc) is 3.36. The van der Waals surface area contributed by atoms with Gasteiger partial charge in [-0.15, -0.1) is 0 Å². The van der Waals surface area contributed by atoms with Crippen LogP contribution in [0.4, 0.5) is 0 Å². The van der Waals surface area contributed by atoms with E-state index in [0.29, 0.717) is 24.0 Å². The number of rotatable bonds is 6. The number of ketones is 1. The Hall–Kier alpha value is -3.47. The standard InChI is InChI=1S/C21H18N4O/c26-21(17-7-3-1-5-15(17)13-19-22-9-10-23-19)18-8-4-2-6-16(18)14-20-24-11-12-25-20/h1-12H,13-14H2,(H,22,23)(H,24,25). The van der Waals surface area contributed by atoms with Crippen molar-refractivity contribution >= 4 is 5.78 Å². The Morgan fingerprint density at radius 2 is 1.19 bits per heavy atom. The minimum atomic E-state index is 0.0225. The lowest BCUT2D eigenvalue weighted by Crippen LogP contribution is -2.10. The summed E-state index contributed by atoms with van der Waals surface area (Å²) in [6, 6.07) is 15.4. The van der Waals surface area contributed by atoms with Crippen LogP contribution in [0.1, 0.15) is 38.7 Å². The first-order chi connectivity index (χ1) is 12.8. The number of aromatic amines is 2. The van der Waals surface area contributed by atoms with Crippen molar-refractivity contribution in [3.63, 3.8) is 0 Å². The molecule has 4 rings (SSSR count). The molecule has 0 saturated carbocycles. The number of hydrogen-bond acceptors (Lipinski definition) is 3. The van der Waals surface area contributed by atoms with Crippen LogP contribution >= 0.6 is 0 Å². The van der Waals surface area contributed by atoms with E-state index in [0.717, 1.165) is 22.8 Å². The number of carbonyl (C=O) groups is 1. The monoisotopic (exact) mass is 342 g/mol. The molecule has 0 spiro atoms. The van der Waals surface area contributed by atoms with Crippen LogP contribution in [-0.2, 0) is 12.8 Å². The van der Waals surface area contributed by atoms with E-state index in [1.54, 1.807) is 24.8 Å². The van der Waals surface area contributed by atoms with Gasteiger partial charge in [-0.1, -0.05) is 48.5 Å². The molecule has 0 fully saturated rings. The highest BCUT2D eigenvalue weighted by Crippen LogP contribution is 2.21. The Labute approximate surface area is 151 Å². The highest BCUT2D eigenvalue weighted by Gasteiger charge is 2.17. The molecule has 0 amide bonds. The topological polar surface area (TPSA) is 74.4 Å². The summed E-state index contributed by atoms with van der Waals surface area (Å²) in [5.41, 5.74) is 3.33. The number of benzene rings is 2. The summed E-state index contributed by atoms with van der Waals surface area (Å²) in [6.45, 7) is 0. The van der Waals surface area contributed by atoms with Crippen molar-refractivity contribution in [2.45, 2.75) is 12.8 Å². The highest BCUT2D eigenvalue weighted by molar-refractivity contribution is 6.10. The minimum Gasteiger partial charge on any atom is -0.348 e. The fraction of sp³-hybridized carbons (Fsp3) is 0.0952. The molecule has 26 heavy (non-hydrogen) atoms. The predicted molar refractivity (Wildman–Crippen MR) is 99.1 cm³/mol. The Morgan fingerprint density at radius 3 is 1.62 bits per heavy atom. The molecular formula is C21H18N4O. The molecule has 0 atom stereocenters. The largest absolute Gasteiger partial charge is 0.348 e. The van der Waals surface area contributed by atoms with Crippen molar-refractivity contribution < 1.29 is 4.79 Å². The van der Waals surface area contributed by atoms with Crippen LogP contribution in [-0.4, -0.2) is 25.7 Å². The quantitative estimate of drug-likeness (QED) is 0.526. The van der Waals surface area contributed by atoms with Crippen molar-refractivity contribution in [3.05, 3.63) is 107 Å². The summed E-state index contributed by atoms with van der Waals surface area (Å²) < 4.78 is 0. The lowest BCUT2D eigenvalue weighted by Gasteiger charge is -2.11. The van der Waals surface area contributed by atoms with Crippen LogP contribution in [0, 0.1) is 0 Å². The van der Waals surface area contributed by atoms with E-state index >= 15 is 0 Å². The van der Waals surface area contributed by atoms with Gasteiger partial charge in [0.15, 0.2) is 5.78 Å². The zero-order valence-corrected chi connectivity index (χ0v) is 14.1. The predicted octanol–water partition coefficient (Wildman–Crippen LogP) is 3.55. The van der Waals surface area contributed by atoms with Gasteiger partial charge in [0.05, 0.1) is 0 Å². The van der Waals surface area contributed by atoms with E-state index < -0.39 is 0 Å². The first kappa shape index (κ1) is 16.0. The Morgan fingerprint density at radius 1 is 0.731 bits per heavy atom. The second-order valence-corrected chi connectivity index (χ2v) is 6.07. The summed E-state index contributed by atoms with van der Waals surface area (Å²) >= 11 is 0. The van der Waals surface area contributed by atoms with E-state index in [-0.39, 0.29) is 5.78 Å². The highest BCUT2D eigenvalue weighted by atomic mass is 16.1. The van der Waals surface area contributed by atoms with Gasteiger partial charge >= 0.3 is 0 Å². The minimum absolute atomic E-state index is 0.0225. The Bertz CT molecular complexity index is 922. The van der Waals surface area contributed by atoms with E-state index in [9.17, 15) is 4.79 Å². The van der Waals surface area contributed by atoms with Crippen LogP contribution in [0.25, 0.3) is 0 Å². The Kier molecular flexibility index (Phi) is 4.43. The molecule has 0 bridgehead atoms.